The number of aromatic hydroxyl groups is 1. The van der Waals surface area contributed by atoms with Crippen molar-refractivity contribution in [3.63, 3.8) is 0 Å². The Morgan fingerprint density at radius 2 is 1.45 bits per heavy atom. The number of amides is 4. The van der Waals surface area contributed by atoms with Crippen molar-refractivity contribution in [3.05, 3.63) is 124 Å². The quantitative estimate of drug-likeness (QED) is 0.169. The molecule has 1 saturated carbocycles. The van der Waals surface area contributed by atoms with E-state index in [0.717, 1.165) is 4.90 Å². The second kappa shape index (κ2) is 12.6. The van der Waals surface area contributed by atoms with Gasteiger partial charge in [-0.3, -0.25) is 24.1 Å². The molecule has 4 aromatic carbocycles. The smallest absolute Gasteiger partial charge is 0.335 e. The highest BCUT2D eigenvalue weighted by Crippen LogP contribution is 2.65. The Bertz CT molecular complexity index is 2250. The predicted octanol–water partition coefficient (Wildman–Crippen LogP) is 6.13. The van der Waals surface area contributed by atoms with E-state index in [1.54, 1.807) is 48.5 Å². The molecule has 2 aliphatic carbocycles. The zero-order chi connectivity index (χ0) is 37.3. The molecule has 268 valence electrons. The maximum Gasteiger partial charge on any atom is 0.335 e. The van der Waals surface area contributed by atoms with Crippen LogP contribution in [0.15, 0.2) is 103 Å². The number of carboxylic acids is 1. The number of benzene rings is 4. The number of phenols is 1. The first-order valence-electron chi connectivity index (χ1n) is 17.1. The van der Waals surface area contributed by atoms with Crippen LogP contribution in [0.3, 0.4) is 0 Å². The van der Waals surface area contributed by atoms with Crippen LogP contribution >= 0.6 is 11.6 Å². The highest BCUT2D eigenvalue weighted by molar-refractivity contribution is 6.32. The first kappa shape index (κ1) is 34.2. The molecule has 0 aromatic heterocycles. The van der Waals surface area contributed by atoms with Crippen LogP contribution < -0.4 is 19.3 Å². The number of hydrogen-bond acceptors (Lipinski definition) is 8. The number of phenolic OH excluding ortho intramolecular Hbond substituents is 1. The van der Waals surface area contributed by atoms with Crippen LogP contribution in [0.25, 0.3) is 0 Å². The summed E-state index contributed by atoms with van der Waals surface area (Å²) < 4.78 is 11.1. The number of halogens is 1. The number of ether oxygens (including phenoxy) is 2. The molecule has 8 rings (SSSR count). The fraction of sp³-hybridized carbons (Fsp3) is 0.244. The Labute approximate surface area is 309 Å². The van der Waals surface area contributed by atoms with E-state index in [4.69, 9.17) is 21.1 Å². The maximum atomic E-state index is 15.4. The number of anilines is 2. The predicted molar refractivity (Wildman–Crippen MR) is 193 cm³/mol. The third kappa shape index (κ3) is 4.90. The molecule has 0 spiro atoms. The molecule has 2 saturated heterocycles. The lowest BCUT2D eigenvalue weighted by atomic mass is 9.49. The van der Waals surface area contributed by atoms with Crippen molar-refractivity contribution in [3.8, 4) is 17.2 Å². The van der Waals surface area contributed by atoms with Crippen LogP contribution in [-0.4, -0.2) is 54.0 Å². The topological polar surface area (TPSA) is 151 Å². The molecule has 4 aromatic rings. The van der Waals surface area contributed by atoms with Crippen molar-refractivity contribution in [2.45, 2.75) is 24.2 Å². The standard InChI is InChI=1S/C41H33ClN2O9/c1-52-31-17-22(18-32(53-2)35(31)45)34-27-14-15-28-33(38(48)43(36(28)46)25-12-6-8-21(16-25)39(49)50)29(27)20-30-37(47)44(26-13-7-11-24(42)19-26)40(51)41(30,34)23-9-4-3-5-10-23/h3-14,16-19,28-30,33-34,45H,15,20H2,1-2H3,(H,49,50). The lowest BCUT2D eigenvalue weighted by Gasteiger charge is -2.50. The lowest BCUT2D eigenvalue weighted by molar-refractivity contribution is -0.127. The van der Waals surface area contributed by atoms with Crippen molar-refractivity contribution in [2.75, 3.05) is 24.0 Å². The molecule has 11 nitrogen and oxygen atoms in total. The molecule has 2 aliphatic heterocycles. The number of imide groups is 2. The number of fused-ring (bicyclic) bond motifs is 4. The minimum atomic E-state index is -1.55. The second-order valence-corrected chi connectivity index (χ2v) is 14.2. The average molecular weight is 733 g/mol. The summed E-state index contributed by atoms with van der Waals surface area (Å²) in [6, 6.07) is 24.5. The molecule has 53 heavy (non-hydrogen) atoms. The van der Waals surface area contributed by atoms with Crippen molar-refractivity contribution >= 4 is 52.6 Å². The van der Waals surface area contributed by atoms with Gasteiger partial charge in [-0.05, 0) is 78.4 Å². The number of methoxy groups -OCH3 is 2. The molecule has 4 amide bonds. The average Bonchev–Trinajstić information content (AvgIpc) is 3.56. The zero-order valence-corrected chi connectivity index (χ0v) is 29.3. The first-order chi connectivity index (χ1) is 25.5. The lowest BCUT2D eigenvalue weighted by Crippen LogP contribution is -2.53. The van der Waals surface area contributed by atoms with Crippen LogP contribution in [0.4, 0.5) is 11.4 Å². The molecule has 2 N–H and O–H groups in total. The van der Waals surface area contributed by atoms with E-state index in [-0.39, 0.29) is 41.3 Å². The normalized spacial score (nSPS) is 26.2. The van der Waals surface area contributed by atoms with Gasteiger partial charge in [0.05, 0.1) is 54.3 Å². The highest BCUT2D eigenvalue weighted by atomic mass is 35.5. The fourth-order valence-electron chi connectivity index (χ4n) is 9.23. The summed E-state index contributed by atoms with van der Waals surface area (Å²) in [6.45, 7) is 0. The van der Waals surface area contributed by atoms with Gasteiger partial charge in [0, 0.05) is 10.9 Å². The molecule has 6 atom stereocenters. The number of aromatic carboxylic acids is 1. The van der Waals surface area contributed by atoms with Crippen LogP contribution in [0.1, 0.15) is 40.2 Å². The van der Waals surface area contributed by atoms with Gasteiger partial charge in [0.1, 0.15) is 0 Å². The largest absolute Gasteiger partial charge is 0.502 e. The molecule has 2 heterocycles. The van der Waals surface area contributed by atoms with Crippen molar-refractivity contribution in [2.24, 2.45) is 23.7 Å². The van der Waals surface area contributed by atoms with E-state index in [1.165, 1.54) is 43.4 Å². The number of allylic oxidation sites excluding steroid dienone is 2. The molecule has 0 bridgehead atoms. The third-order valence-corrected chi connectivity index (χ3v) is 11.6. The van der Waals surface area contributed by atoms with E-state index < -0.39 is 64.6 Å². The first-order valence-corrected chi connectivity index (χ1v) is 17.5. The molecule has 0 radical (unpaired) electrons. The Balaban J connectivity index is 1.37. The van der Waals surface area contributed by atoms with Crippen LogP contribution in [0.5, 0.6) is 17.2 Å². The van der Waals surface area contributed by atoms with E-state index in [9.17, 15) is 29.4 Å². The molecule has 4 aliphatic rings. The number of carbonyl (C=O) groups is 5. The zero-order valence-electron chi connectivity index (χ0n) is 28.6. The van der Waals surface area contributed by atoms with Gasteiger partial charge < -0.3 is 19.7 Å². The number of rotatable bonds is 7. The van der Waals surface area contributed by atoms with Gasteiger partial charge in [0.15, 0.2) is 11.5 Å². The van der Waals surface area contributed by atoms with Gasteiger partial charge in [-0.25, -0.2) is 9.69 Å². The maximum absolute atomic E-state index is 15.4. The van der Waals surface area contributed by atoms with Crippen LogP contribution in [0, 0.1) is 23.7 Å². The van der Waals surface area contributed by atoms with E-state index in [1.807, 2.05) is 24.3 Å². The summed E-state index contributed by atoms with van der Waals surface area (Å²) >= 11 is 6.39. The van der Waals surface area contributed by atoms with Gasteiger partial charge in [0.2, 0.25) is 29.4 Å². The monoisotopic (exact) mass is 732 g/mol. The number of carboxylic acid groups (broad SMARTS) is 1. The van der Waals surface area contributed by atoms with Gasteiger partial charge in [0.25, 0.3) is 0 Å². The Kier molecular flexibility index (Phi) is 8.14. The minimum Gasteiger partial charge on any atom is -0.502 e. The number of nitrogens with zero attached hydrogens (tertiary/aromatic N) is 2. The summed E-state index contributed by atoms with van der Waals surface area (Å²) in [7, 11) is 2.79. The highest BCUT2D eigenvalue weighted by Gasteiger charge is 2.70. The molecular formula is C41H33ClN2O9. The van der Waals surface area contributed by atoms with Gasteiger partial charge >= 0.3 is 5.97 Å². The summed E-state index contributed by atoms with van der Waals surface area (Å²) in [6.07, 6.45) is 2.13. The Hall–Kier alpha value is -5.94. The number of hydrogen-bond donors (Lipinski definition) is 2. The van der Waals surface area contributed by atoms with E-state index in [0.29, 0.717) is 27.4 Å². The summed E-state index contributed by atoms with van der Waals surface area (Å²) in [4.78, 5) is 73.1. The van der Waals surface area contributed by atoms with E-state index >= 15 is 4.79 Å². The Morgan fingerprint density at radius 1 is 0.792 bits per heavy atom. The van der Waals surface area contributed by atoms with Crippen LogP contribution in [-0.2, 0) is 24.6 Å². The summed E-state index contributed by atoms with van der Waals surface area (Å²) in [5, 5.41) is 20.9. The van der Waals surface area contributed by atoms with E-state index in [2.05, 4.69) is 0 Å². The fourth-order valence-corrected chi connectivity index (χ4v) is 9.42. The van der Waals surface area contributed by atoms with Gasteiger partial charge in [-0.2, -0.15) is 0 Å². The van der Waals surface area contributed by atoms with Crippen molar-refractivity contribution < 1.29 is 43.7 Å². The number of carbonyl (C=O) groups excluding carboxylic acids is 4. The summed E-state index contributed by atoms with van der Waals surface area (Å²) in [5.74, 6) is -7.50. The van der Waals surface area contributed by atoms with Gasteiger partial charge in [-0.1, -0.05) is 65.7 Å². The van der Waals surface area contributed by atoms with Crippen LogP contribution in [0.2, 0.25) is 5.02 Å². The SMILES string of the molecule is COc1cc(C2C3=CCC4C(=O)N(c5cccc(C(=O)O)c5)C(=O)C4C3CC3C(=O)N(c4cccc(Cl)c4)C(=O)C32c2ccccc2)cc(OC)c1O. The van der Waals surface area contributed by atoms with Crippen molar-refractivity contribution in [1.82, 2.24) is 0 Å². The van der Waals surface area contributed by atoms with Crippen molar-refractivity contribution in [1.29, 1.82) is 0 Å². The second-order valence-electron chi connectivity index (χ2n) is 13.7. The third-order valence-electron chi connectivity index (χ3n) is 11.4. The molecule has 6 unspecified atom stereocenters. The molecule has 3 fully saturated rings. The Morgan fingerprint density at radius 3 is 2.09 bits per heavy atom. The van der Waals surface area contributed by atoms with Gasteiger partial charge in [-0.15, -0.1) is 0 Å². The minimum absolute atomic E-state index is 0.0639. The summed E-state index contributed by atoms with van der Waals surface area (Å²) in [5.41, 5.74) is 0.579. The molecule has 12 heteroatoms. The molecular weight excluding hydrogens is 700 g/mol.